The van der Waals surface area contributed by atoms with Crippen molar-refractivity contribution >= 4 is 39.2 Å². The second-order valence-corrected chi connectivity index (χ2v) is 12.7. The Morgan fingerprint density at radius 2 is 1.80 bits per heavy atom. The number of carbonyl (C=O) groups is 1. The highest BCUT2D eigenvalue weighted by atomic mass is 32.2. The maximum Gasteiger partial charge on any atom is 0.330 e. The minimum Gasteiger partial charge on any atom is -0.351 e. The lowest BCUT2D eigenvalue weighted by atomic mass is 9.86. The van der Waals surface area contributed by atoms with Gasteiger partial charge in [0.2, 0.25) is 16.0 Å². The van der Waals surface area contributed by atoms with E-state index < -0.39 is 27.4 Å². The van der Waals surface area contributed by atoms with Crippen LogP contribution in [-0.4, -0.2) is 61.5 Å². The van der Waals surface area contributed by atoms with E-state index in [4.69, 9.17) is 0 Å². The van der Waals surface area contributed by atoms with Crippen LogP contribution in [0.25, 0.3) is 0 Å². The molecule has 0 radical (unpaired) electrons. The summed E-state index contributed by atoms with van der Waals surface area (Å²) in [5.41, 5.74) is 1.06. The van der Waals surface area contributed by atoms with Crippen LogP contribution < -0.4 is 19.8 Å². The number of amides is 2. The van der Waals surface area contributed by atoms with Crippen LogP contribution >= 0.6 is 0 Å². The molecule has 2 aliphatic rings. The minimum atomic E-state index is -3.98. The summed E-state index contributed by atoms with van der Waals surface area (Å²) in [4.78, 5) is 27.9. The van der Waals surface area contributed by atoms with Crippen LogP contribution in [0.1, 0.15) is 37.8 Å². The molecule has 1 aliphatic heterocycles. The normalized spacial score (nSPS) is 18.9. The third-order valence-corrected chi connectivity index (χ3v) is 8.57. The van der Waals surface area contributed by atoms with E-state index in [1.165, 1.54) is 29.2 Å². The molecule has 2 aromatic carbocycles. The second-order valence-electron chi connectivity index (χ2n) is 11.0. The predicted octanol–water partition coefficient (Wildman–Crippen LogP) is 4.56. The molecule has 2 heterocycles. The summed E-state index contributed by atoms with van der Waals surface area (Å²) in [5, 5.41) is 3.36. The van der Waals surface area contributed by atoms with Gasteiger partial charge in [-0.05, 0) is 76.7 Å². The molecule has 1 fully saturated rings. The number of benzene rings is 2. The van der Waals surface area contributed by atoms with Gasteiger partial charge >= 0.3 is 6.03 Å². The Hall–Kier alpha value is -3.84. The van der Waals surface area contributed by atoms with Gasteiger partial charge in [-0.25, -0.2) is 27.0 Å². The van der Waals surface area contributed by atoms with Crippen molar-refractivity contribution in [2.75, 3.05) is 33.9 Å². The van der Waals surface area contributed by atoms with Crippen LogP contribution in [0.15, 0.2) is 48.7 Å². The Morgan fingerprint density at radius 1 is 1.10 bits per heavy atom. The molecule has 0 bridgehead atoms. The van der Waals surface area contributed by atoms with Crippen molar-refractivity contribution in [1.29, 1.82) is 0 Å². The van der Waals surface area contributed by atoms with Gasteiger partial charge < -0.3 is 10.2 Å². The predicted molar refractivity (Wildman–Crippen MR) is 154 cm³/mol. The van der Waals surface area contributed by atoms with Gasteiger partial charge in [-0.2, -0.15) is 4.98 Å². The van der Waals surface area contributed by atoms with Gasteiger partial charge in [0.1, 0.15) is 17.5 Å². The molecule has 0 atom stereocenters. The molecule has 2 N–H and O–H groups in total. The number of sulfonamides is 1. The number of hydrogen-bond donors (Lipinski definition) is 2. The molecular formula is C28H33F2N7O3S. The molecule has 1 saturated carbocycles. The molecule has 2 amide bonds. The van der Waals surface area contributed by atoms with Gasteiger partial charge in [0, 0.05) is 35.6 Å². The molecule has 10 nitrogen and oxygen atoms in total. The Bertz CT molecular complexity index is 1540. The number of urea groups is 1. The van der Waals surface area contributed by atoms with Gasteiger partial charge in [0.25, 0.3) is 0 Å². The average Bonchev–Trinajstić information content (AvgIpc) is 2.87. The van der Waals surface area contributed by atoms with E-state index >= 15 is 4.39 Å². The Balaban J connectivity index is 1.33. The maximum absolute atomic E-state index is 15.1. The molecule has 3 aromatic rings. The summed E-state index contributed by atoms with van der Waals surface area (Å²) in [7, 11) is 0.140. The minimum absolute atomic E-state index is 0.124. The van der Waals surface area contributed by atoms with Gasteiger partial charge in [-0.15, -0.1) is 0 Å². The summed E-state index contributed by atoms with van der Waals surface area (Å²) in [6.45, 7) is 3.86. The summed E-state index contributed by atoms with van der Waals surface area (Å²) in [6, 6.07) is 9.06. The molecule has 1 aliphatic carbocycles. The first-order valence-electron chi connectivity index (χ1n) is 13.3. The van der Waals surface area contributed by atoms with Crippen LogP contribution in [-0.2, 0) is 22.3 Å². The van der Waals surface area contributed by atoms with Gasteiger partial charge in [0.15, 0.2) is 0 Å². The van der Waals surface area contributed by atoms with E-state index in [0.717, 1.165) is 31.0 Å². The number of aromatic nitrogens is 2. The van der Waals surface area contributed by atoms with Crippen LogP contribution in [0.5, 0.6) is 0 Å². The molecule has 1 aromatic heterocycles. The zero-order valence-corrected chi connectivity index (χ0v) is 24.1. The lowest BCUT2D eigenvalue weighted by Gasteiger charge is -2.40. The number of carbonyl (C=O) groups excluding carboxylic acids is 1. The first-order valence-corrected chi connectivity index (χ1v) is 15.0. The van der Waals surface area contributed by atoms with Crippen molar-refractivity contribution in [3.8, 4) is 0 Å². The number of anilines is 4. The molecule has 5 rings (SSSR count). The van der Waals surface area contributed by atoms with Crippen molar-refractivity contribution < 1.29 is 22.0 Å². The fraction of sp³-hybridized carbons (Fsp3) is 0.393. The van der Waals surface area contributed by atoms with Gasteiger partial charge in [-0.1, -0.05) is 12.1 Å². The van der Waals surface area contributed by atoms with E-state index in [1.54, 1.807) is 11.1 Å². The van der Waals surface area contributed by atoms with Crippen molar-refractivity contribution in [2.24, 2.45) is 0 Å². The molecule has 0 spiro atoms. The van der Waals surface area contributed by atoms with Crippen molar-refractivity contribution in [2.45, 2.75) is 57.1 Å². The first-order chi connectivity index (χ1) is 19.4. The summed E-state index contributed by atoms with van der Waals surface area (Å²) < 4.78 is 55.7. The van der Waals surface area contributed by atoms with E-state index in [-0.39, 0.29) is 36.0 Å². The summed E-state index contributed by atoms with van der Waals surface area (Å²) in [5.74, 6) is -0.809. The topological polar surface area (TPSA) is 111 Å². The fourth-order valence-electron chi connectivity index (χ4n) is 4.98. The molecular weight excluding hydrogens is 552 g/mol. The van der Waals surface area contributed by atoms with Crippen molar-refractivity contribution in [3.05, 3.63) is 71.4 Å². The molecule has 0 saturated heterocycles. The Morgan fingerprint density at radius 3 is 2.44 bits per heavy atom. The van der Waals surface area contributed by atoms with Gasteiger partial charge in [-0.3, -0.25) is 14.5 Å². The Labute approximate surface area is 238 Å². The molecule has 218 valence electrons. The van der Waals surface area contributed by atoms with Crippen LogP contribution in [0.2, 0.25) is 0 Å². The van der Waals surface area contributed by atoms with Gasteiger partial charge in [0.05, 0.1) is 18.0 Å². The monoisotopic (exact) mass is 585 g/mol. The highest BCUT2D eigenvalue weighted by molar-refractivity contribution is 7.91. The Kier molecular flexibility index (Phi) is 7.84. The highest BCUT2D eigenvalue weighted by Crippen LogP contribution is 2.34. The number of hydrogen-bond acceptors (Lipinski definition) is 7. The molecule has 0 unspecified atom stereocenters. The number of halogens is 2. The van der Waals surface area contributed by atoms with E-state index in [0.29, 0.717) is 28.9 Å². The van der Waals surface area contributed by atoms with Crippen LogP contribution in [0.3, 0.4) is 0 Å². The van der Waals surface area contributed by atoms with E-state index in [2.05, 4.69) is 39.0 Å². The standard InChI is InChI=1S/C28H33F2N7O3S/c1-17(2)37-26-19(14-31-27(33-26)32-21-11-23(12-21)35(3)4)15-36(28(37)38)22-9-10-25(24(30)13-22)34-41(39,40)16-18-5-7-20(29)8-6-18/h5-10,13-14,17,21,23,34H,11-12,15-16H2,1-4H3,(H,31,32,33). The third kappa shape index (κ3) is 6.25. The maximum atomic E-state index is 15.1. The SMILES string of the molecule is CC(C)N1C(=O)N(c2ccc(NS(=O)(=O)Cc3ccc(F)cc3)c(F)c2)Cc2cnc(NC3CC(N(C)C)C3)nc21. The van der Waals surface area contributed by atoms with Crippen LogP contribution in [0, 0.1) is 11.6 Å². The summed E-state index contributed by atoms with van der Waals surface area (Å²) >= 11 is 0. The van der Waals surface area contributed by atoms with Crippen molar-refractivity contribution in [1.82, 2.24) is 14.9 Å². The first kappa shape index (κ1) is 28.7. The number of nitrogens with zero attached hydrogens (tertiary/aromatic N) is 5. The molecule has 41 heavy (non-hydrogen) atoms. The largest absolute Gasteiger partial charge is 0.351 e. The van der Waals surface area contributed by atoms with E-state index in [9.17, 15) is 17.6 Å². The van der Waals surface area contributed by atoms with Crippen molar-refractivity contribution in [3.63, 3.8) is 0 Å². The van der Waals surface area contributed by atoms with Crippen LogP contribution in [0.4, 0.5) is 36.7 Å². The summed E-state index contributed by atoms with van der Waals surface area (Å²) in [6.07, 6.45) is 3.64. The fourth-order valence-corrected chi connectivity index (χ4v) is 6.19. The zero-order chi connectivity index (χ0) is 29.5. The highest BCUT2D eigenvalue weighted by Gasteiger charge is 2.36. The second kappa shape index (κ2) is 11.2. The lowest BCUT2D eigenvalue weighted by Crippen LogP contribution is -2.51. The number of nitrogens with one attached hydrogen (secondary N) is 2. The smallest absolute Gasteiger partial charge is 0.330 e. The third-order valence-electron chi connectivity index (χ3n) is 7.33. The quantitative estimate of drug-likeness (QED) is 0.379. The number of rotatable bonds is 9. The van der Waals surface area contributed by atoms with E-state index in [1.807, 2.05) is 13.8 Å². The average molecular weight is 586 g/mol. The molecule has 13 heteroatoms. The zero-order valence-electron chi connectivity index (χ0n) is 23.3. The lowest BCUT2D eigenvalue weighted by molar-refractivity contribution is 0.177. The number of fused-ring (bicyclic) bond motifs is 1.